The van der Waals surface area contributed by atoms with Gasteiger partial charge in [-0.3, -0.25) is 10.1 Å². The number of nitrogens with two attached hydrogens (primary N) is 1. The molecule has 0 unspecified atom stereocenters. The van der Waals surface area contributed by atoms with Crippen molar-refractivity contribution in [3.05, 3.63) is 40.4 Å². The summed E-state index contributed by atoms with van der Waals surface area (Å²) in [4.78, 5) is 16.2. The van der Waals surface area contributed by atoms with Gasteiger partial charge in [0.1, 0.15) is 0 Å². The number of nitrogen functional groups attached to an aromatic ring is 1. The fraction of sp³-hybridized carbons (Fsp3) is 0.231. The molecule has 0 atom stereocenters. The summed E-state index contributed by atoms with van der Waals surface area (Å²) < 4.78 is 26.1. The quantitative estimate of drug-likeness (QED) is 0.853. The Labute approximate surface area is 118 Å². The van der Waals surface area contributed by atoms with E-state index in [-0.39, 0.29) is 17.2 Å². The number of nitrogens with zero attached hydrogens (tertiary/aromatic N) is 1. The minimum Gasteiger partial charge on any atom is -0.398 e. The molecule has 2 rings (SSSR count). The molecule has 0 aliphatic rings. The second kappa shape index (κ2) is 5.54. The molecule has 0 spiro atoms. The third kappa shape index (κ3) is 2.93. The van der Waals surface area contributed by atoms with E-state index < -0.39 is 17.5 Å². The zero-order valence-electron chi connectivity index (χ0n) is 10.9. The van der Waals surface area contributed by atoms with Gasteiger partial charge < -0.3 is 5.73 Å². The number of hydrogen-bond donors (Lipinski definition) is 2. The zero-order chi connectivity index (χ0) is 14.9. The molecular formula is C13H13F2N3OS. The van der Waals surface area contributed by atoms with Gasteiger partial charge >= 0.3 is 0 Å². The second-order valence-corrected chi connectivity index (χ2v) is 5.40. The molecule has 1 heterocycles. The number of thiazole rings is 1. The van der Waals surface area contributed by atoms with E-state index in [4.69, 9.17) is 5.73 Å². The van der Waals surface area contributed by atoms with E-state index in [0.29, 0.717) is 5.13 Å². The van der Waals surface area contributed by atoms with Gasteiger partial charge in [-0.15, -0.1) is 11.3 Å². The topological polar surface area (TPSA) is 68.0 Å². The third-order valence-corrected chi connectivity index (χ3v) is 3.45. The van der Waals surface area contributed by atoms with Gasteiger partial charge in [-0.2, -0.15) is 0 Å². The van der Waals surface area contributed by atoms with Crippen LogP contribution in [0, 0.1) is 11.6 Å². The van der Waals surface area contributed by atoms with Crippen LogP contribution >= 0.6 is 11.3 Å². The Morgan fingerprint density at radius 1 is 1.35 bits per heavy atom. The fourth-order valence-corrected chi connectivity index (χ4v) is 2.40. The van der Waals surface area contributed by atoms with Gasteiger partial charge in [-0.25, -0.2) is 13.8 Å². The molecule has 0 aliphatic heterocycles. The smallest absolute Gasteiger partial charge is 0.259 e. The zero-order valence-corrected chi connectivity index (χ0v) is 11.7. The predicted octanol–water partition coefficient (Wildman–Crippen LogP) is 3.38. The third-order valence-electron chi connectivity index (χ3n) is 2.67. The lowest BCUT2D eigenvalue weighted by Crippen LogP contribution is -2.15. The van der Waals surface area contributed by atoms with E-state index in [1.54, 1.807) is 0 Å². The predicted molar refractivity (Wildman–Crippen MR) is 74.9 cm³/mol. The number of anilines is 2. The lowest BCUT2D eigenvalue weighted by Gasteiger charge is -2.06. The molecule has 2 aromatic rings. The minimum absolute atomic E-state index is 0.120. The number of carbonyl (C=O) groups excluding carboxylic acids is 1. The van der Waals surface area contributed by atoms with Crippen LogP contribution in [-0.4, -0.2) is 10.9 Å². The Morgan fingerprint density at radius 2 is 2.00 bits per heavy atom. The van der Waals surface area contributed by atoms with Crippen LogP contribution in [-0.2, 0) is 0 Å². The van der Waals surface area contributed by atoms with Gasteiger partial charge in [0.25, 0.3) is 5.91 Å². The standard InChI is InChI=1S/C13H13F2N3OS/c1-6(2)11-5-20-13(17-11)18-12(19)7-3-8(14)9(15)4-10(7)16/h3-6H,16H2,1-2H3,(H,17,18,19). The number of nitrogens with one attached hydrogen (secondary N) is 1. The Balaban J connectivity index is 2.21. The van der Waals surface area contributed by atoms with E-state index in [1.165, 1.54) is 11.3 Å². The molecule has 0 bridgehead atoms. The van der Waals surface area contributed by atoms with Crippen LogP contribution in [0.3, 0.4) is 0 Å². The number of amides is 1. The second-order valence-electron chi connectivity index (χ2n) is 4.54. The van der Waals surface area contributed by atoms with E-state index in [2.05, 4.69) is 10.3 Å². The monoisotopic (exact) mass is 297 g/mol. The first-order valence-electron chi connectivity index (χ1n) is 5.89. The molecule has 106 valence electrons. The van der Waals surface area contributed by atoms with Gasteiger partial charge in [0.2, 0.25) is 0 Å². The fourth-order valence-electron chi connectivity index (χ4n) is 1.53. The van der Waals surface area contributed by atoms with Gasteiger partial charge in [0, 0.05) is 17.1 Å². The summed E-state index contributed by atoms with van der Waals surface area (Å²) in [7, 11) is 0. The minimum atomic E-state index is -1.12. The lowest BCUT2D eigenvalue weighted by atomic mass is 10.1. The van der Waals surface area contributed by atoms with Crippen LogP contribution in [0.25, 0.3) is 0 Å². The Morgan fingerprint density at radius 3 is 2.60 bits per heavy atom. The molecule has 7 heteroatoms. The number of aromatic nitrogens is 1. The molecule has 0 saturated heterocycles. The maximum atomic E-state index is 13.1. The van der Waals surface area contributed by atoms with E-state index in [0.717, 1.165) is 17.8 Å². The Kier molecular flexibility index (Phi) is 3.99. The van der Waals surface area contributed by atoms with Crippen LogP contribution in [0.5, 0.6) is 0 Å². The van der Waals surface area contributed by atoms with Crippen molar-refractivity contribution in [2.75, 3.05) is 11.1 Å². The molecule has 3 N–H and O–H groups in total. The van der Waals surface area contributed by atoms with Crippen molar-refractivity contribution in [1.29, 1.82) is 0 Å². The van der Waals surface area contributed by atoms with Crippen molar-refractivity contribution in [1.82, 2.24) is 4.98 Å². The van der Waals surface area contributed by atoms with Crippen molar-refractivity contribution >= 4 is 28.1 Å². The van der Waals surface area contributed by atoms with E-state index in [9.17, 15) is 13.6 Å². The Hall–Kier alpha value is -2.02. The highest BCUT2D eigenvalue weighted by molar-refractivity contribution is 7.14. The number of carbonyl (C=O) groups is 1. The van der Waals surface area contributed by atoms with Crippen molar-refractivity contribution in [3.63, 3.8) is 0 Å². The van der Waals surface area contributed by atoms with Gasteiger partial charge in [0.15, 0.2) is 16.8 Å². The molecular weight excluding hydrogens is 284 g/mol. The van der Waals surface area contributed by atoms with E-state index >= 15 is 0 Å². The summed E-state index contributed by atoms with van der Waals surface area (Å²) in [6.07, 6.45) is 0. The highest BCUT2D eigenvalue weighted by atomic mass is 32.1. The van der Waals surface area contributed by atoms with Crippen LogP contribution in [0.4, 0.5) is 19.6 Å². The molecule has 0 aliphatic carbocycles. The summed E-state index contributed by atoms with van der Waals surface area (Å²) in [6.45, 7) is 3.96. The van der Waals surface area contributed by atoms with Crippen molar-refractivity contribution in [2.45, 2.75) is 19.8 Å². The van der Waals surface area contributed by atoms with Gasteiger partial charge in [0.05, 0.1) is 11.3 Å². The summed E-state index contributed by atoms with van der Waals surface area (Å²) in [5, 5.41) is 4.74. The number of benzene rings is 1. The van der Waals surface area contributed by atoms with Crippen LogP contribution in [0.2, 0.25) is 0 Å². The maximum absolute atomic E-state index is 13.1. The SMILES string of the molecule is CC(C)c1csc(NC(=O)c2cc(F)c(F)cc2N)n1. The molecule has 0 fully saturated rings. The van der Waals surface area contributed by atoms with E-state index in [1.807, 2.05) is 19.2 Å². The van der Waals surface area contributed by atoms with Gasteiger partial charge in [-0.05, 0) is 12.0 Å². The number of rotatable bonds is 3. The largest absolute Gasteiger partial charge is 0.398 e. The lowest BCUT2D eigenvalue weighted by molar-refractivity contribution is 0.102. The van der Waals surface area contributed by atoms with Crippen molar-refractivity contribution in [2.24, 2.45) is 0 Å². The molecule has 1 amide bonds. The molecule has 4 nitrogen and oxygen atoms in total. The molecule has 20 heavy (non-hydrogen) atoms. The van der Waals surface area contributed by atoms with Crippen LogP contribution in [0.15, 0.2) is 17.5 Å². The summed E-state index contributed by atoms with van der Waals surface area (Å²) in [6, 6.07) is 1.56. The number of halogens is 2. The maximum Gasteiger partial charge on any atom is 0.259 e. The molecule has 0 saturated carbocycles. The van der Waals surface area contributed by atoms with Crippen molar-refractivity contribution in [3.8, 4) is 0 Å². The average Bonchev–Trinajstić information content (AvgIpc) is 2.82. The highest BCUT2D eigenvalue weighted by Crippen LogP contribution is 2.23. The Bertz CT molecular complexity index is 655. The summed E-state index contributed by atoms with van der Waals surface area (Å²) in [5.41, 5.74) is 6.12. The van der Waals surface area contributed by atoms with Gasteiger partial charge in [-0.1, -0.05) is 13.8 Å². The summed E-state index contributed by atoms with van der Waals surface area (Å²) in [5.74, 6) is -2.59. The van der Waals surface area contributed by atoms with Crippen LogP contribution < -0.4 is 11.1 Å². The summed E-state index contributed by atoms with van der Waals surface area (Å²) >= 11 is 1.26. The first-order chi connectivity index (χ1) is 9.38. The molecule has 1 aromatic carbocycles. The van der Waals surface area contributed by atoms with Crippen molar-refractivity contribution < 1.29 is 13.6 Å². The molecule has 0 radical (unpaired) electrons. The molecule has 1 aromatic heterocycles. The first kappa shape index (κ1) is 14.4. The number of hydrogen-bond acceptors (Lipinski definition) is 4. The highest BCUT2D eigenvalue weighted by Gasteiger charge is 2.16. The average molecular weight is 297 g/mol. The normalized spacial score (nSPS) is 10.8. The van der Waals surface area contributed by atoms with Crippen LogP contribution in [0.1, 0.15) is 35.8 Å². The first-order valence-corrected chi connectivity index (χ1v) is 6.77.